The molecule has 1 heterocycles. The van der Waals surface area contributed by atoms with E-state index in [0.717, 1.165) is 11.1 Å². The summed E-state index contributed by atoms with van der Waals surface area (Å²) in [4.78, 5) is 16.3. The van der Waals surface area contributed by atoms with Gasteiger partial charge in [0.2, 0.25) is 6.86 Å². The fourth-order valence-corrected chi connectivity index (χ4v) is 2.47. The summed E-state index contributed by atoms with van der Waals surface area (Å²) in [5.41, 5.74) is 2.84. The van der Waals surface area contributed by atoms with Crippen LogP contribution in [0.25, 0.3) is 11.1 Å². The molecule has 0 fully saturated rings. The number of carbonyl (C=O) groups excluding carboxylic acids is 1. The number of hydrogen-bond donors (Lipinski definition) is 2. The van der Waals surface area contributed by atoms with Crippen molar-refractivity contribution in [3.05, 3.63) is 72.0 Å². The van der Waals surface area contributed by atoms with E-state index in [1.807, 2.05) is 24.3 Å². The van der Waals surface area contributed by atoms with Gasteiger partial charge in [-0.15, -0.1) is 0 Å². The number of para-hydroxylation sites is 1. The van der Waals surface area contributed by atoms with Crippen molar-refractivity contribution in [1.29, 1.82) is 0 Å². The number of anilines is 2. The maximum Gasteiger partial charge on any atom is 0.323 e. The number of pyridine rings is 1. The van der Waals surface area contributed by atoms with Crippen LogP contribution in [0.4, 0.5) is 20.6 Å². The summed E-state index contributed by atoms with van der Waals surface area (Å²) < 4.78 is 16.8. The number of aromatic nitrogens is 1. The topological polar surface area (TPSA) is 63.2 Å². The zero-order chi connectivity index (χ0) is 18.4. The van der Waals surface area contributed by atoms with E-state index in [4.69, 9.17) is 16.3 Å². The summed E-state index contributed by atoms with van der Waals surface area (Å²) >= 11 is 5.82. The van der Waals surface area contributed by atoms with Crippen LogP contribution in [0, 0.1) is 0 Å². The number of carbonyl (C=O) groups is 1. The summed E-state index contributed by atoms with van der Waals surface area (Å²) in [6, 6.07) is 16.9. The average Bonchev–Trinajstić information content (AvgIpc) is 2.65. The minimum absolute atomic E-state index is 0.388. The molecule has 0 atom stereocenters. The van der Waals surface area contributed by atoms with Gasteiger partial charge in [-0.05, 0) is 42.5 Å². The zero-order valence-electron chi connectivity index (χ0n) is 13.6. The lowest BCUT2D eigenvalue weighted by atomic mass is 10.1. The number of urea groups is 1. The molecule has 2 N–H and O–H groups in total. The Morgan fingerprint density at radius 1 is 1.04 bits per heavy atom. The van der Waals surface area contributed by atoms with E-state index in [-0.39, 0.29) is 0 Å². The monoisotopic (exact) mass is 371 g/mol. The quantitative estimate of drug-likeness (QED) is 0.594. The highest BCUT2D eigenvalue weighted by Crippen LogP contribution is 2.28. The molecule has 3 rings (SSSR count). The SMILES string of the molecule is O=C(Nc1ccc(OCF)cc1)Nc1ccccc1-c1ccc(Cl)nc1. The fourth-order valence-electron chi connectivity index (χ4n) is 2.36. The normalized spacial score (nSPS) is 10.2. The van der Waals surface area contributed by atoms with Gasteiger partial charge in [-0.1, -0.05) is 29.8 Å². The number of nitrogens with one attached hydrogen (secondary N) is 2. The van der Waals surface area contributed by atoms with Crippen LogP contribution in [0.15, 0.2) is 66.9 Å². The van der Waals surface area contributed by atoms with Crippen LogP contribution in [0.1, 0.15) is 0 Å². The van der Waals surface area contributed by atoms with E-state index in [1.54, 1.807) is 42.6 Å². The second-order valence-electron chi connectivity index (χ2n) is 5.27. The Labute approximate surface area is 154 Å². The van der Waals surface area contributed by atoms with E-state index < -0.39 is 12.9 Å². The molecule has 0 saturated heterocycles. The molecule has 2 amide bonds. The predicted octanol–water partition coefficient (Wildman–Crippen LogP) is 5.35. The Morgan fingerprint density at radius 3 is 2.50 bits per heavy atom. The van der Waals surface area contributed by atoms with Gasteiger partial charge in [0.05, 0.1) is 5.69 Å². The number of benzene rings is 2. The smallest absolute Gasteiger partial charge is 0.323 e. The molecule has 0 bridgehead atoms. The van der Waals surface area contributed by atoms with Crippen molar-refractivity contribution >= 4 is 29.0 Å². The number of halogens is 2. The van der Waals surface area contributed by atoms with Gasteiger partial charge in [-0.3, -0.25) is 0 Å². The Kier molecular flexibility index (Phi) is 5.66. The van der Waals surface area contributed by atoms with Gasteiger partial charge in [0.15, 0.2) is 0 Å². The highest BCUT2D eigenvalue weighted by Gasteiger charge is 2.09. The summed E-state index contributed by atoms with van der Waals surface area (Å²) in [6.45, 7) is -0.899. The van der Waals surface area contributed by atoms with E-state index in [9.17, 15) is 9.18 Å². The van der Waals surface area contributed by atoms with Crippen molar-refractivity contribution in [3.8, 4) is 16.9 Å². The van der Waals surface area contributed by atoms with Crippen molar-refractivity contribution in [3.63, 3.8) is 0 Å². The third kappa shape index (κ3) is 4.49. The summed E-state index contributed by atoms with van der Waals surface area (Å²) in [7, 11) is 0. The molecule has 2 aromatic carbocycles. The molecular formula is C19H15ClFN3O2. The molecule has 5 nitrogen and oxygen atoms in total. The minimum atomic E-state index is -0.899. The number of alkyl halides is 1. The van der Waals surface area contributed by atoms with E-state index >= 15 is 0 Å². The molecule has 0 saturated carbocycles. The summed E-state index contributed by atoms with van der Waals surface area (Å²) in [5, 5.41) is 5.92. The van der Waals surface area contributed by atoms with Gasteiger partial charge in [-0.25, -0.2) is 14.2 Å². The van der Waals surface area contributed by atoms with Gasteiger partial charge in [0.1, 0.15) is 10.9 Å². The van der Waals surface area contributed by atoms with Gasteiger partial charge < -0.3 is 15.4 Å². The highest BCUT2D eigenvalue weighted by molar-refractivity contribution is 6.29. The maximum atomic E-state index is 12.3. The average molecular weight is 372 g/mol. The molecule has 0 aliphatic rings. The van der Waals surface area contributed by atoms with E-state index in [2.05, 4.69) is 15.6 Å². The van der Waals surface area contributed by atoms with Crippen molar-refractivity contribution < 1.29 is 13.9 Å². The standard InChI is InChI=1S/C19H15ClFN3O2/c20-18-10-5-13(11-22-18)16-3-1-2-4-17(16)24-19(25)23-14-6-8-15(9-7-14)26-12-21/h1-11H,12H2,(H2,23,24,25). The van der Waals surface area contributed by atoms with Crippen LogP contribution >= 0.6 is 11.6 Å². The lowest BCUT2D eigenvalue weighted by Gasteiger charge is -2.12. The minimum Gasteiger partial charge on any atom is -0.463 e. The lowest BCUT2D eigenvalue weighted by Crippen LogP contribution is -2.19. The third-order valence-electron chi connectivity index (χ3n) is 3.55. The van der Waals surface area contributed by atoms with Gasteiger partial charge >= 0.3 is 6.03 Å². The number of rotatable bonds is 5. The Hall–Kier alpha value is -3.12. The highest BCUT2D eigenvalue weighted by atomic mass is 35.5. The largest absolute Gasteiger partial charge is 0.463 e. The molecule has 132 valence electrons. The fraction of sp³-hybridized carbons (Fsp3) is 0.0526. The zero-order valence-corrected chi connectivity index (χ0v) is 14.3. The first-order valence-corrected chi connectivity index (χ1v) is 8.11. The van der Waals surface area contributed by atoms with Gasteiger partial charge in [-0.2, -0.15) is 0 Å². The number of hydrogen-bond acceptors (Lipinski definition) is 3. The lowest BCUT2D eigenvalue weighted by molar-refractivity contribution is 0.192. The molecule has 0 radical (unpaired) electrons. The second kappa shape index (κ2) is 8.31. The van der Waals surface area contributed by atoms with Crippen molar-refractivity contribution in [2.75, 3.05) is 17.5 Å². The molecule has 0 unspecified atom stereocenters. The Bertz CT molecular complexity index is 886. The molecule has 3 aromatic rings. The van der Waals surface area contributed by atoms with Crippen LogP contribution in [0.3, 0.4) is 0 Å². The first-order valence-electron chi connectivity index (χ1n) is 7.73. The molecule has 0 spiro atoms. The van der Waals surface area contributed by atoms with Crippen LogP contribution in [-0.4, -0.2) is 17.9 Å². The first-order chi connectivity index (χ1) is 12.7. The number of amides is 2. The van der Waals surface area contributed by atoms with Crippen molar-refractivity contribution in [1.82, 2.24) is 4.98 Å². The van der Waals surface area contributed by atoms with Crippen LogP contribution in [0.2, 0.25) is 5.15 Å². The van der Waals surface area contributed by atoms with E-state index in [0.29, 0.717) is 22.3 Å². The summed E-state index contributed by atoms with van der Waals surface area (Å²) in [6.07, 6.45) is 1.64. The maximum absolute atomic E-state index is 12.3. The predicted molar refractivity (Wildman–Crippen MR) is 100 cm³/mol. The first kappa shape index (κ1) is 17.7. The Balaban J connectivity index is 1.72. The molecule has 26 heavy (non-hydrogen) atoms. The van der Waals surface area contributed by atoms with Crippen LogP contribution in [0.5, 0.6) is 5.75 Å². The molecule has 0 aliphatic carbocycles. The molecular weight excluding hydrogens is 357 g/mol. The summed E-state index contributed by atoms with van der Waals surface area (Å²) in [5.74, 6) is 0.388. The molecule has 1 aromatic heterocycles. The number of nitrogens with zero attached hydrogens (tertiary/aromatic N) is 1. The van der Waals surface area contributed by atoms with Crippen LogP contribution < -0.4 is 15.4 Å². The number of ether oxygens (including phenoxy) is 1. The van der Waals surface area contributed by atoms with Gasteiger partial charge in [0, 0.05) is 23.0 Å². The van der Waals surface area contributed by atoms with Crippen molar-refractivity contribution in [2.45, 2.75) is 0 Å². The van der Waals surface area contributed by atoms with Crippen molar-refractivity contribution in [2.24, 2.45) is 0 Å². The van der Waals surface area contributed by atoms with Gasteiger partial charge in [0.25, 0.3) is 0 Å². The molecule has 7 heteroatoms. The Morgan fingerprint density at radius 2 is 1.81 bits per heavy atom. The van der Waals surface area contributed by atoms with E-state index in [1.165, 1.54) is 0 Å². The second-order valence-corrected chi connectivity index (χ2v) is 5.66. The molecule has 0 aliphatic heterocycles. The van der Waals surface area contributed by atoms with Crippen LogP contribution in [-0.2, 0) is 0 Å². The third-order valence-corrected chi connectivity index (χ3v) is 3.77.